The van der Waals surface area contributed by atoms with Crippen LogP contribution in [0.4, 0.5) is 0 Å². The van der Waals surface area contributed by atoms with Crippen LogP contribution in [0.5, 0.6) is 5.75 Å². The summed E-state index contributed by atoms with van der Waals surface area (Å²) in [5, 5.41) is 9.83. The Kier molecular flexibility index (Phi) is 8.17. The number of nitrogens with zero attached hydrogens (tertiary/aromatic N) is 1. The number of halogens is 1. The number of rotatable bonds is 5. The second-order valence-electron chi connectivity index (χ2n) is 8.05. The molecule has 0 radical (unpaired) electrons. The first-order valence-electron chi connectivity index (χ1n) is 10.8. The molecule has 1 atom stereocenters. The molecular weight excluding hydrogens is 503 g/mol. The molecule has 166 valence electrons. The van der Waals surface area contributed by atoms with Gasteiger partial charge in [0.15, 0.2) is 5.96 Å². The van der Waals surface area contributed by atoms with Gasteiger partial charge in [-0.15, -0.1) is 24.0 Å². The van der Waals surface area contributed by atoms with Crippen molar-refractivity contribution in [3.8, 4) is 5.75 Å². The molecule has 0 bridgehead atoms. The number of nitrogens with one attached hydrogen (secondary N) is 3. The average Bonchev–Trinajstić information content (AvgIpc) is 3.23. The van der Waals surface area contributed by atoms with E-state index in [0.29, 0.717) is 18.7 Å². The number of amides is 1. The molecule has 0 aromatic heterocycles. The Hall–Kier alpha value is -2.29. The van der Waals surface area contributed by atoms with Gasteiger partial charge in [0.1, 0.15) is 11.4 Å². The molecule has 1 aliphatic carbocycles. The molecule has 3 N–H and O–H groups in total. The molecule has 7 heteroatoms. The lowest BCUT2D eigenvalue weighted by Gasteiger charge is -2.40. The van der Waals surface area contributed by atoms with Crippen LogP contribution in [0, 0.1) is 0 Å². The monoisotopic (exact) mass is 534 g/mol. The Morgan fingerprint density at radius 1 is 1.03 bits per heavy atom. The van der Waals surface area contributed by atoms with Gasteiger partial charge in [-0.05, 0) is 43.9 Å². The topological polar surface area (TPSA) is 74.8 Å². The van der Waals surface area contributed by atoms with E-state index in [0.717, 1.165) is 31.0 Å². The van der Waals surface area contributed by atoms with Crippen molar-refractivity contribution in [3.05, 3.63) is 65.7 Å². The Bertz CT molecular complexity index is 897. The van der Waals surface area contributed by atoms with Crippen LogP contribution in [0.15, 0.2) is 59.6 Å². The maximum atomic E-state index is 12.2. The maximum absolute atomic E-state index is 12.2. The predicted octanol–water partition coefficient (Wildman–Crippen LogP) is 4.04. The molecule has 4 rings (SSSR count). The first kappa shape index (κ1) is 23.4. The molecule has 6 nitrogen and oxygen atoms in total. The van der Waals surface area contributed by atoms with Gasteiger partial charge in [-0.1, -0.05) is 36.4 Å². The van der Waals surface area contributed by atoms with Crippen LogP contribution < -0.4 is 20.7 Å². The molecule has 1 heterocycles. The van der Waals surface area contributed by atoms with Crippen molar-refractivity contribution >= 4 is 35.8 Å². The van der Waals surface area contributed by atoms with E-state index in [4.69, 9.17) is 4.74 Å². The Balaban J connectivity index is 0.00000272. The van der Waals surface area contributed by atoms with E-state index in [-0.39, 0.29) is 41.5 Å². The van der Waals surface area contributed by atoms with Crippen molar-refractivity contribution < 1.29 is 9.53 Å². The Morgan fingerprint density at radius 3 is 2.45 bits per heavy atom. The first-order chi connectivity index (χ1) is 14.7. The van der Waals surface area contributed by atoms with E-state index in [1.165, 1.54) is 18.4 Å². The molecule has 1 amide bonds. The summed E-state index contributed by atoms with van der Waals surface area (Å²) >= 11 is 0. The van der Waals surface area contributed by atoms with Crippen molar-refractivity contribution in [2.75, 3.05) is 20.1 Å². The fourth-order valence-corrected chi connectivity index (χ4v) is 4.48. The molecule has 1 fully saturated rings. The number of aliphatic imine (C=N–C) groups is 1. The summed E-state index contributed by atoms with van der Waals surface area (Å²) in [6.45, 7) is 1.11. The van der Waals surface area contributed by atoms with Crippen LogP contribution in [-0.4, -0.2) is 37.6 Å². The summed E-state index contributed by atoms with van der Waals surface area (Å²) in [7, 11) is 1.77. The lowest BCUT2D eigenvalue weighted by molar-refractivity contribution is 0.0396. The zero-order chi connectivity index (χ0) is 20.8. The van der Waals surface area contributed by atoms with Crippen LogP contribution in [-0.2, 0) is 0 Å². The van der Waals surface area contributed by atoms with Gasteiger partial charge in [0.2, 0.25) is 0 Å². The lowest BCUT2D eigenvalue weighted by atomic mass is 9.86. The number of benzene rings is 2. The van der Waals surface area contributed by atoms with Crippen molar-refractivity contribution in [3.63, 3.8) is 0 Å². The quantitative estimate of drug-likeness (QED) is 0.235. The van der Waals surface area contributed by atoms with Gasteiger partial charge in [-0.25, -0.2) is 0 Å². The molecule has 1 aliphatic heterocycles. The maximum Gasteiger partial charge on any atom is 0.251 e. The number of guanidine groups is 1. The Labute approximate surface area is 201 Å². The van der Waals surface area contributed by atoms with Gasteiger partial charge in [-0.3, -0.25) is 9.79 Å². The summed E-state index contributed by atoms with van der Waals surface area (Å²) in [4.78, 5) is 16.5. The van der Waals surface area contributed by atoms with Gasteiger partial charge >= 0.3 is 0 Å². The number of fused-ring (bicyclic) bond motifs is 1. The van der Waals surface area contributed by atoms with Crippen LogP contribution in [0.1, 0.15) is 54.1 Å². The summed E-state index contributed by atoms with van der Waals surface area (Å²) in [5.41, 5.74) is 1.78. The largest absolute Gasteiger partial charge is 0.487 e. The van der Waals surface area contributed by atoms with E-state index in [2.05, 4.69) is 39.1 Å². The molecule has 1 saturated carbocycles. The molecule has 0 saturated heterocycles. The highest BCUT2D eigenvalue weighted by Crippen LogP contribution is 2.46. The third kappa shape index (κ3) is 5.70. The third-order valence-electron chi connectivity index (χ3n) is 5.99. The number of para-hydroxylation sites is 1. The minimum absolute atomic E-state index is 0. The summed E-state index contributed by atoms with van der Waals surface area (Å²) in [6, 6.07) is 17.7. The van der Waals surface area contributed by atoms with E-state index in [1.807, 2.05) is 36.4 Å². The Morgan fingerprint density at radius 2 is 1.71 bits per heavy atom. The highest BCUT2D eigenvalue weighted by molar-refractivity contribution is 14.0. The van der Waals surface area contributed by atoms with Crippen LogP contribution >= 0.6 is 24.0 Å². The van der Waals surface area contributed by atoms with E-state index in [1.54, 1.807) is 7.05 Å². The van der Waals surface area contributed by atoms with E-state index < -0.39 is 0 Å². The van der Waals surface area contributed by atoms with Crippen LogP contribution in [0.25, 0.3) is 0 Å². The van der Waals surface area contributed by atoms with Gasteiger partial charge in [0, 0.05) is 37.7 Å². The highest BCUT2D eigenvalue weighted by Gasteiger charge is 2.43. The van der Waals surface area contributed by atoms with Gasteiger partial charge in [-0.2, -0.15) is 0 Å². The molecule has 2 aliphatic rings. The molecule has 1 unspecified atom stereocenters. The molecule has 31 heavy (non-hydrogen) atoms. The molecule has 1 spiro atoms. The fraction of sp³-hybridized carbons (Fsp3) is 0.417. The van der Waals surface area contributed by atoms with E-state index in [9.17, 15) is 4.79 Å². The SMILES string of the molecule is CN=C(NCCNC(=O)c1ccccc1)NC1CC2(CCCC2)Oc2ccccc21.I. The number of hydrogen-bond donors (Lipinski definition) is 3. The van der Waals surface area contributed by atoms with Gasteiger partial charge < -0.3 is 20.7 Å². The molecule has 2 aromatic carbocycles. The summed E-state index contributed by atoms with van der Waals surface area (Å²) in [5.74, 6) is 1.65. The zero-order valence-corrected chi connectivity index (χ0v) is 20.2. The highest BCUT2D eigenvalue weighted by atomic mass is 127. The molecular formula is C24H31IN4O2. The summed E-state index contributed by atoms with van der Waals surface area (Å²) < 4.78 is 6.45. The normalized spacial score (nSPS) is 19.0. The van der Waals surface area contributed by atoms with E-state index >= 15 is 0 Å². The second kappa shape index (κ2) is 10.8. The second-order valence-corrected chi connectivity index (χ2v) is 8.05. The fourth-order valence-electron chi connectivity index (χ4n) is 4.48. The zero-order valence-electron chi connectivity index (χ0n) is 17.9. The number of ether oxygens (including phenoxy) is 1. The number of carbonyl (C=O) groups is 1. The standard InChI is InChI=1S/C24H30N4O2.HI/c1-25-23(27-16-15-26-22(29)18-9-3-2-4-10-18)28-20-17-24(13-7-8-14-24)30-21-12-6-5-11-19(20)21;/h2-6,9-12,20H,7-8,13-17H2,1H3,(H,26,29)(H2,25,27,28);1H. The average molecular weight is 534 g/mol. The molecule has 2 aromatic rings. The number of carbonyl (C=O) groups excluding carboxylic acids is 1. The van der Waals surface area contributed by atoms with Crippen molar-refractivity contribution in [2.45, 2.75) is 43.7 Å². The smallest absolute Gasteiger partial charge is 0.251 e. The third-order valence-corrected chi connectivity index (χ3v) is 5.99. The first-order valence-corrected chi connectivity index (χ1v) is 10.8. The van der Waals surface area contributed by atoms with Crippen LogP contribution in [0.3, 0.4) is 0 Å². The summed E-state index contributed by atoms with van der Waals surface area (Å²) in [6.07, 6.45) is 5.61. The number of hydrogen-bond acceptors (Lipinski definition) is 3. The predicted molar refractivity (Wildman–Crippen MR) is 134 cm³/mol. The van der Waals surface area contributed by atoms with Crippen molar-refractivity contribution in [2.24, 2.45) is 4.99 Å². The minimum atomic E-state index is -0.0677. The van der Waals surface area contributed by atoms with Gasteiger partial charge in [0.25, 0.3) is 5.91 Å². The van der Waals surface area contributed by atoms with Crippen LogP contribution in [0.2, 0.25) is 0 Å². The minimum Gasteiger partial charge on any atom is -0.487 e. The lowest BCUT2D eigenvalue weighted by Crippen LogP contribution is -2.47. The van der Waals surface area contributed by atoms with Crippen molar-refractivity contribution in [1.82, 2.24) is 16.0 Å². The van der Waals surface area contributed by atoms with Gasteiger partial charge in [0.05, 0.1) is 6.04 Å². The van der Waals surface area contributed by atoms with Crippen molar-refractivity contribution in [1.29, 1.82) is 0 Å².